The molecule has 0 unspecified atom stereocenters. The molecule has 2 aliphatic carbocycles. The summed E-state index contributed by atoms with van der Waals surface area (Å²) in [4.78, 5) is 0. The summed E-state index contributed by atoms with van der Waals surface area (Å²) in [5, 5.41) is 20.9. The van der Waals surface area contributed by atoms with E-state index >= 15 is 0 Å². The van der Waals surface area contributed by atoms with E-state index in [4.69, 9.17) is 4.74 Å². The van der Waals surface area contributed by atoms with E-state index in [0.29, 0.717) is 12.3 Å². The Hall–Kier alpha value is -0.120. The highest BCUT2D eigenvalue weighted by Crippen LogP contribution is 2.66. The maximum Gasteiger partial charge on any atom is 0.193 e. The van der Waals surface area contributed by atoms with Crippen molar-refractivity contribution in [2.24, 2.45) is 11.3 Å². The van der Waals surface area contributed by atoms with E-state index in [1.54, 1.807) is 0 Å². The highest BCUT2D eigenvalue weighted by Gasteiger charge is 2.71. The molecule has 0 aromatic carbocycles. The second kappa shape index (κ2) is 3.06. The molecule has 0 amide bonds. The van der Waals surface area contributed by atoms with Gasteiger partial charge >= 0.3 is 0 Å². The van der Waals surface area contributed by atoms with Crippen molar-refractivity contribution in [2.75, 3.05) is 0 Å². The summed E-state index contributed by atoms with van der Waals surface area (Å²) in [5.74, 6) is -1.18. The van der Waals surface area contributed by atoms with E-state index in [2.05, 4.69) is 20.8 Å². The van der Waals surface area contributed by atoms with Crippen LogP contribution in [0.25, 0.3) is 0 Å². The van der Waals surface area contributed by atoms with Crippen molar-refractivity contribution in [3.8, 4) is 0 Å². The van der Waals surface area contributed by atoms with Crippen LogP contribution in [0.2, 0.25) is 0 Å². The van der Waals surface area contributed by atoms with Crippen LogP contribution < -0.4 is 0 Å². The average molecular weight is 240 g/mol. The normalized spacial score (nSPS) is 51.0. The Balaban J connectivity index is 2.10. The van der Waals surface area contributed by atoms with Crippen LogP contribution in [0.3, 0.4) is 0 Å². The Morgan fingerprint density at radius 1 is 1.06 bits per heavy atom. The van der Waals surface area contributed by atoms with E-state index in [0.717, 1.165) is 32.1 Å². The predicted molar refractivity (Wildman–Crippen MR) is 64.4 cm³/mol. The fourth-order valence-electron chi connectivity index (χ4n) is 4.66. The quantitative estimate of drug-likeness (QED) is 0.638. The van der Waals surface area contributed by atoms with Gasteiger partial charge in [0.25, 0.3) is 0 Å². The summed E-state index contributed by atoms with van der Waals surface area (Å²) in [6, 6.07) is 0. The molecule has 0 aromatic heterocycles. The van der Waals surface area contributed by atoms with Gasteiger partial charge in [0, 0.05) is 11.8 Å². The molecule has 98 valence electrons. The van der Waals surface area contributed by atoms with Gasteiger partial charge in [-0.1, -0.05) is 6.92 Å². The van der Waals surface area contributed by atoms with Crippen LogP contribution >= 0.6 is 0 Å². The fourth-order valence-corrected chi connectivity index (χ4v) is 4.66. The number of fused-ring (bicyclic) bond motifs is 1. The molecule has 2 saturated carbocycles. The summed E-state index contributed by atoms with van der Waals surface area (Å²) in [6.45, 7) is 6.39. The molecule has 0 radical (unpaired) electrons. The molecular formula is C14H24O3. The van der Waals surface area contributed by atoms with Gasteiger partial charge in [0.15, 0.2) is 5.79 Å². The minimum Gasteiger partial charge on any atom is -0.363 e. The lowest BCUT2D eigenvalue weighted by atomic mass is 9.54. The number of aliphatic hydroxyl groups is 2. The summed E-state index contributed by atoms with van der Waals surface area (Å²) >= 11 is 0. The van der Waals surface area contributed by atoms with Crippen LogP contribution in [-0.4, -0.2) is 27.2 Å². The lowest BCUT2D eigenvalue weighted by Crippen LogP contribution is -2.66. The second-order valence-electron chi connectivity index (χ2n) is 7.20. The van der Waals surface area contributed by atoms with Crippen molar-refractivity contribution < 1.29 is 14.9 Å². The molecule has 3 heteroatoms. The lowest BCUT2D eigenvalue weighted by molar-refractivity contribution is -0.345. The molecule has 1 saturated heterocycles. The molecule has 3 rings (SSSR count). The van der Waals surface area contributed by atoms with Crippen molar-refractivity contribution in [3.63, 3.8) is 0 Å². The average Bonchev–Trinajstić information content (AvgIpc) is 2.42. The third-order valence-corrected chi connectivity index (χ3v) is 5.87. The van der Waals surface area contributed by atoms with Crippen LogP contribution in [0.4, 0.5) is 0 Å². The van der Waals surface area contributed by atoms with Crippen LogP contribution in [-0.2, 0) is 4.74 Å². The Kier molecular flexibility index (Phi) is 2.15. The van der Waals surface area contributed by atoms with Gasteiger partial charge in [-0.05, 0) is 51.9 Å². The first-order chi connectivity index (χ1) is 7.73. The van der Waals surface area contributed by atoms with Gasteiger partial charge in [0.1, 0.15) is 5.60 Å². The SMILES string of the molecule is CC1(C)O[C@@]23C[C@H]1CC[C@]2(C)CCCC3(O)O. The molecule has 3 fully saturated rings. The van der Waals surface area contributed by atoms with Gasteiger partial charge in [-0.3, -0.25) is 0 Å². The predicted octanol–water partition coefficient (Wildman–Crippen LogP) is 2.21. The van der Waals surface area contributed by atoms with Gasteiger partial charge in [0.2, 0.25) is 0 Å². The van der Waals surface area contributed by atoms with E-state index in [-0.39, 0.29) is 11.0 Å². The van der Waals surface area contributed by atoms with Crippen LogP contribution in [0, 0.1) is 11.3 Å². The zero-order valence-corrected chi connectivity index (χ0v) is 11.1. The molecule has 3 aliphatic rings. The first kappa shape index (κ1) is 11.9. The van der Waals surface area contributed by atoms with Crippen molar-refractivity contribution in [1.82, 2.24) is 0 Å². The molecule has 17 heavy (non-hydrogen) atoms. The smallest absolute Gasteiger partial charge is 0.193 e. The van der Waals surface area contributed by atoms with E-state index in [1.165, 1.54) is 0 Å². The zero-order chi connectivity index (χ0) is 12.5. The third kappa shape index (κ3) is 1.28. The summed E-state index contributed by atoms with van der Waals surface area (Å²) < 4.78 is 6.28. The third-order valence-electron chi connectivity index (χ3n) is 5.87. The van der Waals surface area contributed by atoms with Gasteiger partial charge < -0.3 is 14.9 Å². The number of hydrogen-bond donors (Lipinski definition) is 2. The minimum absolute atomic E-state index is 0.0704. The van der Waals surface area contributed by atoms with Crippen LogP contribution in [0.1, 0.15) is 59.3 Å². The molecule has 0 aromatic rings. The summed E-state index contributed by atoms with van der Waals surface area (Å²) in [6.07, 6.45) is 5.42. The van der Waals surface area contributed by atoms with Crippen molar-refractivity contribution in [1.29, 1.82) is 0 Å². The molecule has 1 heterocycles. The summed E-state index contributed by atoms with van der Waals surface area (Å²) in [7, 11) is 0. The molecule has 1 spiro atoms. The Bertz CT molecular complexity index is 349. The van der Waals surface area contributed by atoms with Gasteiger partial charge in [0.05, 0.1) is 5.60 Å². The summed E-state index contributed by atoms with van der Waals surface area (Å²) in [5.41, 5.74) is -1.02. The van der Waals surface area contributed by atoms with E-state index in [1.807, 2.05) is 0 Å². The maximum absolute atomic E-state index is 10.5. The Morgan fingerprint density at radius 3 is 2.47 bits per heavy atom. The minimum atomic E-state index is -1.65. The zero-order valence-electron chi connectivity index (χ0n) is 11.1. The molecule has 3 nitrogen and oxygen atoms in total. The Morgan fingerprint density at radius 2 is 1.76 bits per heavy atom. The number of rotatable bonds is 0. The Labute approximate surface area is 103 Å². The molecular weight excluding hydrogens is 216 g/mol. The van der Waals surface area contributed by atoms with E-state index in [9.17, 15) is 10.2 Å². The first-order valence-corrected chi connectivity index (χ1v) is 6.87. The molecule has 1 aliphatic heterocycles. The van der Waals surface area contributed by atoms with Gasteiger partial charge in [-0.2, -0.15) is 0 Å². The van der Waals surface area contributed by atoms with Crippen LogP contribution in [0.15, 0.2) is 0 Å². The molecule has 2 bridgehead atoms. The lowest BCUT2D eigenvalue weighted by Gasteiger charge is -2.57. The van der Waals surface area contributed by atoms with Crippen molar-refractivity contribution >= 4 is 0 Å². The standard InChI is InChI=1S/C14H24O3/c1-11(2)10-5-8-12(3)6-4-7-14(15,16)13(12,9-10)17-11/h10,15-16H,4-9H2,1-3H3/t10-,12+,13+/m1/s1. The fraction of sp³-hybridized carbons (Fsp3) is 1.00. The van der Waals surface area contributed by atoms with Crippen molar-refractivity contribution in [3.05, 3.63) is 0 Å². The molecule has 2 N–H and O–H groups in total. The topological polar surface area (TPSA) is 49.7 Å². The highest BCUT2D eigenvalue weighted by molar-refractivity contribution is 5.17. The van der Waals surface area contributed by atoms with Gasteiger partial charge in [-0.25, -0.2) is 0 Å². The highest BCUT2D eigenvalue weighted by atomic mass is 16.6. The largest absolute Gasteiger partial charge is 0.363 e. The van der Waals surface area contributed by atoms with Crippen LogP contribution in [0.5, 0.6) is 0 Å². The second-order valence-corrected chi connectivity index (χ2v) is 7.20. The number of ether oxygens (including phenoxy) is 1. The van der Waals surface area contributed by atoms with E-state index < -0.39 is 11.4 Å². The maximum atomic E-state index is 10.5. The van der Waals surface area contributed by atoms with Gasteiger partial charge in [-0.15, -0.1) is 0 Å². The van der Waals surface area contributed by atoms with Crippen molar-refractivity contribution in [2.45, 2.75) is 76.3 Å². The first-order valence-electron chi connectivity index (χ1n) is 6.87. The monoisotopic (exact) mass is 240 g/mol. The number of hydrogen-bond acceptors (Lipinski definition) is 3. The molecule has 3 atom stereocenters.